The van der Waals surface area contributed by atoms with Crippen molar-refractivity contribution in [2.24, 2.45) is 0 Å². The van der Waals surface area contributed by atoms with Crippen molar-refractivity contribution < 1.29 is 9.18 Å². The summed E-state index contributed by atoms with van der Waals surface area (Å²) in [7, 11) is 0. The van der Waals surface area contributed by atoms with Gasteiger partial charge in [-0.05, 0) is 53.2 Å². The van der Waals surface area contributed by atoms with Crippen LogP contribution in [0.4, 0.5) is 10.1 Å². The lowest BCUT2D eigenvalue weighted by Gasteiger charge is -2.35. The van der Waals surface area contributed by atoms with E-state index in [-0.39, 0.29) is 11.6 Å². The number of rotatable bonds is 5. The van der Waals surface area contributed by atoms with E-state index in [1.165, 1.54) is 12.1 Å². The first-order valence-corrected chi connectivity index (χ1v) is 10.1. The Morgan fingerprint density at radius 1 is 0.966 bits per heavy atom. The van der Waals surface area contributed by atoms with Gasteiger partial charge < -0.3 is 9.80 Å². The predicted molar refractivity (Wildman–Crippen MR) is 118 cm³/mol. The molecule has 0 spiro atoms. The number of anilines is 1. The van der Waals surface area contributed by atoms with Crippen LogP contribution in [0.2, 0.25) is 0 Å². The van der Waals surface area contributed by atoms with Gasteiger partial charge >= 0.3 is 0 Å². The number of ketones is 1. The quantitative estimate of drug-likeness (QED) is 0.453. The molecule has 148 valence electrons. The number of fused-ring (bicyclic) bond motifs is 1. The Kier molecular flexibility index (Phi) is 5.72. The van der Waals surface area contributed by atoms with Crippen LogP contribution in [-0.4, -0.2) is 43.4 Å². The number of allylic oxidation sites excluding steroid dienone is 1. The van der Waals surface area contributed by atoms with Crippen LogP contribution >= 0.6 is 0 Å². The van der Waals surface area contributed by atoms with Crippen LogP contribution in [0.5, 0.6) is 0 Å². The van der Waals surface area contributed by atoms with Gasteiger partial charge in [0, 0.05) is 31.7 Å². The Hall–Kier alpha value is -2.98. The lowest BCUT2D eigenvalue weighted by molar-refractivity contribution is 0.104. The Bertz CT molecular complexity index is 1050. The van der Waals surface area contributed by atoms with Gasteiger partial charge in [-0.1, -0.05) is 49.4 Å². The van der Waals surface area contributed by atoms with E-state index >= 15 is 0 Å². The number of halogens is 1. The van der Waals surface area contributed by atoms with Crippen molar-refractivity contribution in [3.8, 4) is 0 Å². The summed E-state index contributed by atoms with van der Waals surface area (Å²) in [5.41, 5.74) is 1.90. The minimum Gasteiger partial charge on any atom is -0.367 e. The third-order valence-corrected chi connectivity index (χ3v) is 5.59. The van der Waals surface area contributed by atoms with Crippen LogP contribution < -0.4 is 4.90 Å². The second kappa shape index (κ2) is 8.58. The maximum atomic E-state index is 14.7. The Balaban J connectivity index is 1.47. The molecule has 3 aromatic rings. The molecule has 0 atom stereocenters. The average molecular weight is 388 g/mol. The monoisotopic (exact) mass is 388 g/mol. The van der Waals surface area contributed by atoms with Gasteiger partial charge in [-0.15, -0.1) is 0 Å². The van der Waals surface area contributed by atoms with Crippen LogP contribution in [0.3, 0.4) is 0 Å². The first-order valence-electron chi connectivity index (χ1n) is 10.1. The highest BCUT2D eigenvalue weighted by molar-refractivity contribution is 6.07. The minimum atomic E-state index is -0.333. The van der Waals surface area contributed by atoms with Crippen molar-refractivity contribution in [3.63, 3.8) is 0 Å². The summed E-state index contributed by atoms with van der Waals surface area (Å²) in [5, 5.41) is 2.29. The normalized spacial score (nSPS) is 15.3. The molecule has 0 saturated carbocycles. The molecular formula is C25H25FN2O. The van der Waals surface area contributed by atoms with Crippen LogP contribution in [0, 0.1) is 5.82 Å². The van der Waals surface area contributed by atoms with Crippen molar-refractivity contribution in [2.45, 2.75) is 6.92 Å². The summed E-state index contributed by atoms with van der Waals surface area (Å²) < 4.78 is 14.7. The summed E-state index contributed by atoms with van der Waals surface area (Å²) in [6.07, 6.45) is 3.29. The number of likely N-dealkylation sites (N-methyl/N-ethyl adjacent to an activating group) is 1. The number of piperazine rings is 1. The summed E-state index contributed by atoms with van der Waals surface area (Å²) in [5.74, 6) is -0.528. The SMILES string of the molecule is CCN1CCN(c2ccc(C(=O)/C=C/c3ccc4ccccc4c3)cc2F)CC1. The van der Waals surface area contributed by atoms with Crippen molar-refractivity contribution in [2.75, 3.05) is 37.6 Å². The van der Waals surface area contributed by atoms with Gasteiger partial charge in [0.1, 0.15) is 5.82 Å². The zero-order chi connectivity index (χ0) is 20.2. The molecule has 0 aliphatic carbocycles. The highest BCUT2D eigenvalue weighted by Crippen LogP contribution is 2.23. The lowest BCUT2D eigenvalue weighted by atomic mass is 10.0. The van der Waals surface area contributed by atoms with Crippen molar-refractivity contribution in [1.82, 2.24) is 4.90 Å². The number of carbonyl (C=O) groups is 1. The molecule has 0 aromatic heterocycles. The number of hydrogen-bond donors (Lipinski definition) is 0. The summed E-state index contributed by atoms with van der Waals surface area (Å²) in [6.45, 7) is 6.64. The smallest absolute Gasteiger partial charge is 0.185 e. The average Bonchev–Trinajstić information content (AvgIpc) is 2.77. The van der Waals surface area contributed by atoms with Crippen LogP contribution in [0.25, 0.3) is 16.8 Å². The Labute approximate surface area is 171 Å². The van der Waals surface area contributed by atoms with E-state index in [2.05, 4.69) is 22.8 Å². The molecule has 3 nitrogen and oxygen atoms in total. The highest BCUT2D eigenvalue weighted by Gasteiger charge is 2.19. The molecule has 1 fully saturated rings. The second-order valence-corrected chi connectivity index (χ2v) is 7.39. The maximum absolute atomic E-state index is 14.7. The predicted octanol–water partition coefficient (Wildman–Crippen LogP) is 5.02. The highest BCUT2D eigenvalue weighted by atomic mass is 19.1. The van der Waals surface area contributed by atoms with E-state index in [4.69, 9.17) is 0 Å². The number of nitrogens with zero attached hydrogens (tertiary/aromatic N) is 2. The van der Waals surface area contributed by atoms with Gasteiger partial charge in [0.05, 0.1) is 5.69 Å². The summed E-state index contributed by atoms with van der Waals surface area (Å²) >= 11 is 0. The first-order chi connectivity index (χ1) is 14.1. The van der Waals surface area contributed by atoms with Crippen molar-refractivity contribution in [1.29, 1.82) is 0 Å². The minimum absolute atomic E-state index is 0.195. The fourth-order valence-corrected chi connectivity index (χ4v) is 3.80. The molecule has 1 heterocycles. The van der Waals surface area contributed by atoms with Crippen LogP contribution in [-0.2, 0) is 0 Å². The standard InChI is InChI=1S/C25H25FN2O/c1-2-27-13-15-28(16-14-27)24-11-10-22(18-23(24)26)25(29)12-8-19-7-9-20-5-3-4-6-21(20)17-19/h3-12,17-18H,2,13-16H2,1H3/b12-8+. The zero-order valence-corrected chi connectivity index (χ0v) is 16.6. The van der Waals surface area contributed by atoms with Gasteiger partial charge in [0.25, 0.3) is 0 Å². The Morgan fingerprint density at radius 3 is 2.45 bits per heavy atom. The number of carbonyl (C=O) groups excluding carboxylic acids is 1. The molecule has 4 heteroatoms. The van der Waals surface area contributed by atoms with Crippen molar-refractivity contribution in [3.05, 3.63) is 83.7 Å². The molecular weight excluding hydrogens is 363 g/mol. The van der Waals surface area contributed by atoms with Crippen molar-refractivity contribution >= 4 is 28.3 Å². The third kappa shape index (κ3) is 4.38. The van der Waals surface area contributed by atoms with Gasteiger partial charge in [-0.25, -0.2) is 4.39 Å². The van der Waals surface area contributed by atoms with E-state index in [0.717, 1.165) is 49.1 Å². The van der Waals surface area contributed by atoms with E-state index < -0.39 is 0 Å². The van der Waals surface area contributed by atoms with Gasteiger partial charge in [0.15, 0.2) is 5.78 Å². The molecule has 0 N–H and O–H groups in total. The topological polar surface area (TPSA) is 23.6 Å². The molecule has 0 unspecified atom stereocenters. The molecule has 1 aliphatic heterocycles. The van der Waals surface area contributed by atoms with E-state index in [9.17, 15) is 9.18 Å². The lowest BCUT2D eigenvalue weighted by Crippen LogP contribution is -2.46. The van der Waals surface area contributed by atoms with Crippen LogP contribution in [0.1, 0.15) is 22.8 Å². The van der Waals surface area contributed by atoms with E-state index in [1.54, 1.807) is 18.2 Å². The van der Waals surface area contributed by atoms with E-state index in [1.807, 2.05) is 36.4 Å². The molecule has 4 rings (SSSR count). The summed E-state index contributed by atoms with van der Waals surface area (Å²) in [4.78, 5) is 16.9. The number of hydrogen-bond acceptors (Lipinski definition) is 3. The Morgan fingerprint density at radius 2 is 1.72 bits per heavy atom. The van der Waals surface area contributed by atoms with E-state index in [0.29, 0.717) is 11.3 Å². The molecule has 1 saturated heterocycles. The third-order valence-electron chi connectivity index (χ3n) is 5.59. The largest absolute Gasteiger partial charge is 0.367 e. The first kappa shape index (κ1) is 19.3. The number of benzene rings is 3. The molecule has 0 bridgehead atoms. The molecule has 0 amide bonds. The summed E-state index contributed by atoms with van der Waals surface area (Å²) in [6, 6.07) is 19.0. The molecule has 1 aliphatic rings. The van der Waals surface area contributed by atoms with Gasteiger partial charge in [0.2, 0.25) is 0 Å². The van der Waals surface area contributed by atoms with Crippen LogP contribution in [0.15, 0.2) is 66.7 Å². The molecule has 3 aromatic carbocycles. The zero-order valence-electron chi connectivity index (χ0n) is 16.6. The molecule has 29 heavy (non-hydrogen) atoms. The molecule has 0 radical (unpaired) electrons. The van der Waals surface area contributed by atoms with Gasteiger partial charge in [-0.3, -0.25) is 4.79 Å². The maximum Gasteiger partial charge on any atom is 0.185 e. The second-order valence-electron chi connectivity index (χ2n) is 7.39. The fraction of sp³-hybridized carbons (Fsp3) is 0.240. The van der Waals surface area contributed by atoms with Gasteiger partial charge in [-0.2, -0.15) is 0 Å². The fourth-order valence-electron chi connectivity index (χ4n) is 3.80.